The van der Waals surface area contributed by atoms with Gasteiger partial charge in [-0.15, -0.1) is 0 Å². The van der Waals surface area contributed by atoms with E-state index in [-0.39, 0.29) is 0 Å². The average Bonchev–Trinajstić information content (AvgIpc) is 2.31. The fraction of sp³-hybridized carbons (Fsp3) is 0.333. The maximum absolute atomic E-state index is 11.9. The Hall–Kier alpha value is -1.56. The molecule has 0 radical (unpaired) electrons. The Morgan fingerprint density at radius 1 is 1.50 bits per heavy atom. The highest BCUT2D eigenvalue weighted by Gasteiger charge is 2.19. The summed E-state index contributed by atoms with van der Waals surface area (Å²) in [7, 11) is 0. The summed E-state index contributed by atoms with van der Waals surface area (Å²) in [5.41, 5.74) is 6.51. The molecule has 0 aliphatic carbocycles. The maximum Gasteiger partial charge on any atom is 0.326 e. The summed E-state index contributed by atoms with van der Waals surface area (Å²) in [6.45, 7) is 1.86. The number of rotatable bonds is 5. The Morgan fingerprint density at radius 2 is 2.17 bits per heavy atom. The number of anilines is 1. The van der Waals surface area contributed by atoms with Gasteiger partial charge in [0.25, 0.3) is 5.91 Å². The number of amides is 1. The van der Waals surface area contributed by atoms with Crippen LogP contribution in [0, 0.1) is 0 Å². The molecule has 0 heterocycles. The van der Waals surface area contributed by atoms with Gasteiger partial charge in [0, 0.05) is 15.7 Å². The number of carboxylic acids is 1. The molecule has 18 heavy (non-hydrogen) atoms. The van der Waals surface area contributed by atoms with Crippen molar-refractivity contribution in [2.75, 3.05) is 5.73 Å². The second-order valence-corrected chi connectivity index (χ2v) is 4.74. The molecule has 1 aromatic carbocycles. The molecule has 4 N–H and O–H groups in total. The monoisotopic (exact) mass is 314 g/mol. The molecule has 0 aromatic heterocycles. The molecule has 0 bridgehead atoms. The zero-order valence-electron chi connectivity index (χ0n) is 9.94. The molecule has 1 aromatic rings. The van der Waals surface area contributed by atoms with Crippen LogP contribution in [0.15, 0.2) is 22.7 Å². The Balaban J connectivity index is 2.80. The quantitative estimate of drug-likeness (QED) is 0.725. The van der Waals surface area contributed by atoms with Crippen LogP contribution < -0.4 is 11.1 Å². The fourth-order valence-electron chi connectivity index (χ4n) is 1.46. The van der Waals surface area contributed by atoms with Gasteiger partial charge < -0.3 is 16.2 Å². The molecule has 0 unspecified atom stereocenters. The van der Waals surface area contributed by atoms with Gasteiger partial charge in [0.1, 0.15) is 6.04 Å². The van der Waals surface area contributed by atoms with Crippen molar-refractivity contribution in [3.05, 3.63) is 28.2 Å². The molecular formula is C12H15BrN2O3. The number of halogens is 1. The van der Waals surface area contributed by atoms with Gasteiger partial charge in [-0.25, -0.2) is 4.79 Å². The lowest BCUT2D eigenvalue weighted by Crippen LogP contribution is -2.40. The number of carbonyl (C=O) groups excluding carboxylic acids is 1. The number of benzene rings is 1. The Morgan fingerprint density at radius 3 is 2.67 bits per heavy atom. The summed E-state index contributed by atoms with van der Waals surface area (Å²) in [6.07, 6.45) is 1.08. The Kier molecular flexibility index (Phi) is 5.15. The Labute approximate surface area is 113 Å². The standard InChI is InChI=1S/C12H15BrN2O3/c1-2-3-10(12(17)18)15-11(16)7-4-5-9(14)8(13)6-7/h4-6,10H,2-3,14H2,1H3,(H,15,16)(H,17,18)/t10-/m1/s1. The maximum atomic E-state index is 11.9. The number of carbonyl (C=O) groups is 2. The average molecular weight is 315 g/mol. The van der Waals surface area contributed by atoms with Crippen molar-refractivity contribution in [1.29, 1.82) is 0 Å². The predicted octanol–water partition coefficient (Wildman–Crippen LogP) is 2.01. The van der Waals surface area contributed by atoms with Crippen LogP contribution in [-0.4, -0.2) is 23.0 Å². The van der Waals surface area contributed by atoms with Crippen molar-refractivity contribution >= 4 is 33.5 Å². The van der Waals surface area contributed by atoms with Crippen molar-refractivity contribution in [2.24, 2.45) is 0 Å². The van der Waals surface area contributed by atoms with E-state index in [1.54, 1.807) is 18.2 Å². The van der Waals surface area contributed by atoms with E-state index < -0.39 is 17.9 Å². The molecule has 0 spiro atoms. The number of nitrogens with one attached hydrogen (secondary N) is 1. The largest absolute Gasteiger partial charge is 0.480 e. The number of nitrogen functional groups attached to an aromatic ring is 1. The second kappa shape index (κ2) is 6.39. The molecule has 98 valence electrons. The smallest absolute Gasteiger partial charge is 0.326 e. The number of carboxylic acid groups (broad SMARTS) is 1. The van der Waals surface area contributed by atoms with E-state index in [4.69, 9.17) is 10.8 Å². The predicted molar refractivity (Wildman–Crippen MR) is 72.4 cm³/mol. The van der Waals surface area contributed by atoms with Crippen molar-refractivity contribution in [2.45, 2.75) is 25.8 Å². The van der Waals surface area contributed by atoms with Gasteiger partial charge in [-0.3, -0.25) is 4.79 Å². The third-order valence-corrected chi connectivity index (χ3v) is 3.13. The van der Waals surface area contributed by atoms with E-state index in [2.05, 4.69) is 21.2 Å². The molecule has 1 atom stereocenters. The SMILES string of the molecule is CCC[C@@H](NC(=O)c1ccc(N)c(Br)c1)C(=O)O. The van der Waals surface area contributed by atoms with Gasteiger partial charge in [0.2, 0.25) is 0 Å². The van der Waals surface area contributed by atoms with E-state index in [1.807, 2.05) is 6.92 Å². The van der Waals surface area contributed by atoms with Crippen LogP contribution in [0.2, 0.25) is 0 Å². The van der Waals surface area contributed by atoms with Crippen molar-refractivity contribution in [1.82, 2.24) is 5.32 Å². The highest BCUT2D eigenvalue weighted by Crippen LogP contribution is 2.20. The first-order chi connectivity index (χ1) is 8.45. The van der Waals surface area contributed by atoms with Crippen LogP contribution >= 0.6 is 15.9 Å². The third kappa shape index (κ3) is 3.73. The summed E-state index contributed by atoms with van der Waals surface area (Å²) in [5, 5.41) is 11.4. The summed E-state index contributed by atoms with van der Waals surface area (Å²) in [5.74, 6) is -1.45. The lowest BCUT2D eigenvalue weighted by molar-refractivity contribution is -0.139. The highest BCUT2D eigenvalue weighted by molar-refractivity contribution is 9.10. The molecule has 0 fully saturated rings. The van der Waals surface area contributed by atoms with Gasteiger partial charge >= 0.3 is 5.97 Å². The minimum Gasteiger partial charge on any atom is -0.480 e. The first-order valence-electron chi connectivity index (χ1n) is 5.54. The molecule has 0 saturated heterocycles. The lowest BCUT2D eigenvalue weighted by Gasteiger charge is -2.13. The minimum atomic E-state index is -1.03. The summed E-state index contributed by atoms with van der Waals surface area (Å²) < 4.78 is 0.609. The van der Waals surface area contributed by atoms with Crippen LogP contribution in [0.5, 0.6) is 0 Å². The van der Waals surface area contributed by atoms with Crippen LogP contribution in [-0.2, 0) is 4.79 Å². The van der Waals surface area contributed by atoms with Gasteiger partial charge in [-0.05, 0) is 40.5 Å². The number of hydrogen-bond acceptors (Lipinski definition) is 3. The van der Waals surface area contributed by atoms with Gasteiger partial charge in [0.05, 0.1) is 0 Å². The highest BCUT2D eigenvalue weighted by atomic mass is 79.9. The third-order valence-electron chi connectivity index (χ3n) is 2.44. The van der Waals surface area contributed by atoms with Crippen molar-refractivity contribution in [3.8, 4) is 0 Å². The first kappa shape index (κ1) is 14.5. The van der Waals surface area contributed by atoms with Crippen molar-refractivity contribution < 1.29 is 14.7 Å². The number of hydrogen-bond donors (Lipinski definition) is 3. The molecule has 1 amide bonds. The van der Waals surface area contributed by atoms with E-state index in [1.165, 1.54) is 0 Å². The summed E-state index contributed by atoms with van der Waals surface area (Å²) in [4.78, 5) is 22.8. The van der Waals surface area contributed by atoms with Crippen molar-refractivity contribution in [3.63, 3.8) is 0 Å². The molecule has 0 aliphatic heterocycles. The summed E-state index contributed by atoms with van der Waals surface area (Å²) in [6, 6.07) is 3.85. The fourth-order valence-corrected chi connectivity index (χ4v) is 1.83. The number of aliphatic carboxylic acids is 1. The van der Waals surface area contributed by atoms with E-state index in [0.29, 0.717) is 28.6 Å². The minimum absolute atomic E-state index is 0.374. The van der Waals surface area contributed by atoms with Gasteiger partial charge in [-0.2, -0.15) is 0 Å². The first-order valence-corrected chi connectivity index (χ1v) is 6.33. The van der Waals surface area contributed by atoms with Crippen LogP contribution in [0.4, 0.5) is 5.69 Å². The molecular weight excluding hydrogens is 300 g/mol. The van der Waals surface area contributed by atoms with E-state index in [0.717, 1.165) is 0 Å². The normalized spacial score (nSPS) is 11.9. The van der Waals surface area contributed by atoms with Crippen LogP contribution in [0.3, 0.4) is 0 Å². The van der Waals surface area contributed by atoms with Crippen LogP contribution in [0.1, 0.15) is 30.1 Å². The molecule has 5 nitrogen and oxygen atoms in total. The number of nitrogens with two attached hydrogens (primary N) is 1. The molecule has 0 saturated carbocycles. The molecule has 0 aliphatic rings. The molecule has 6 heteroatoms. The van der Waals surface area contributed by atoms with Crippen LogP contribution in [0.25, 0.3) is 0 Å². The van der Waals surface area contributed by atoms with E-state index >= 15 is 0 Å². The lowest BCUT2D eigenvalue weighted by atomic mass is 10.1. The topological polar surface area (TPSA) is 92.4 Å². The van der Waals surface area contributed by atoms with E-state index in [9.17, 15) is 9.59 Å². The zero-order chi connectivity index (χ0) is 13.7. The zero-order valence-corrected chi connectivity index (χ0v) is 11.5. The van der Waals surface area contributed by atoms with Gasteiger partial charge in [0.15, 0.2) is 0 Å². The summed E-state index contributed by atoms with van der Waals surface area (Å²) >= 11 is 3.22. The second-order valence-electron chi connectivity index (χ2n) is 3.89. The Bertz CT molecular complexity index is 463. The van der Waals surface area contributed by atoms with Gasteiger partial charge in [-0.1, -0.05) is 13.3 Å². The molecule has 1 rings (SSSR count).